The molecule has 2 aromatic carbocycles. The van der Waals surface area contributed by atoms with E-state index in [4.69, 9.17) is 9.47 Å². The summed E-state index contributed by atoms with van der Waals surface area (Å²) in [6, 6.07) is 11.8. The number of methoxy groups -OCH3 is 2. The minimum atomic E-state index is -0.252. The second kappa shape index (κ2) is 10.4. The summed E-state index contributed by atoms with van der Waals surface area (Å²) in [6.45, 7) is 3.48. The number of hydrogen-bond acceptors (Lipinski definition) is 6. The van der Waals surface area contributed by atoms with Crippen LogP contribution in [0.3, 0.4) is 0 Å². The van der Waals surface area contributed by atoms with E-state index in [9.17, 15) is 9.90 Å². The first-order chi connectivity index (χ1) is 14.5. The molecular weight excluding hydrogens is 400 g/mol. The third kappa shape index (κ3) is 5.70. The number of carbonyl (C=O) groups is 1. The van der Waals surface area contributed by atoms with Crippen molar-refractivity contribution >= 4 is 29.0 Å². The van der Waals surface area contributed by atoms with Crippen molar-refractivity contribution in [3.8, 4) is 11.5 Å². The Bertz CT molecular complexity index is 870. The molecule has 0 unspecified atom stereocenters. The van der Waals surface area contributed by atoms with E-state index in [2.05, 4.69) is 17.2 Å². The van der Waals surface area contributed by atoms with E-state index in [0.29, 0.717) is 23.2 Å². The van der Waals surface area contributed by atoms with Gasteiger partial charge in [0.05, 0.1) is 25.2 Å². The second-order valence-corrected chi connectivity index (χ2v) is 8.27. The van der Waals surface area contributed by atoms with Crippen molar-refractivity contribution < 1.29 is 19.4 Å². The van der Waals surface area contributed by atoms with Crippen LogP contribution in [0.15, 0.2) is 58.8 Å². The Balaban J connectivity index is 1.81. The minimum Gasteiger partial charge on any atom is -0.495 e. The van der Waals surface area contributed by atoms with Gasteiger partial charge in [0.1, 0.15) is 11.5 Å². The fourth-order valence-corrected chi connectivity index (χ4v) is 4.52. The van der Waals surface area contributed by atoms with Crippen LogP contribution >= 0.6 is 11.8 Å². The van der Waals surface area contributed by atoms with Crippen LogP contribution < -0.4 is 20.1 Å². The maximum absolute atomic E-state index is 11.6. The molecule has 1 saturated carbocycles. The van der Waals surface area contributed by atoms with Crippen LogP contribution in [-0.2, 0) is 4.79 Å². The van der Waals surface area contributed by atoms with Crippen molar-refractivity contribution in [2.75, 3.05) is 24.9 Å². The summed E-state index contributed by atoms with van der Waals surface area (Å²) >= 11 is 1.51. The molecule has 30 heavy (non-hydrogen) atoms. The van der Waals surface area contributed by atoms with E-state index in [1.54, 1.807) is 14.2 Å². The van der Waals surface area contributed by atoms with Gasteiger partial charge >= 0.3 is 0 Å². The van der Waals surface area contributed by atoms with Gasteiger partial charge in [0.2, 0.25) is 5.91 Å². The van der Waals surface area contributed by atoms with Gasteiger partial charge in [0.15, 0.2) is 0 Å². The average molecular weight is 429 g/mol. The number of aliphatic hydroxyl groups excluding tert-OH is 1. The SMILES string of the molecule is C=CC(=O)Nc1cccc(Sc2c(OC)cc(NC3CCC(O)CC3)cc2OC)c1. The van der Waals surface area contributed by atoms with Gasteiger partial charge in [0.25, 0.3) is 0 Å². The first-order valence-electron chi connectivity index (χ1n) is 9.94. The number of benzene rings is 2. The van der Waals surface area contributed by atoms with Crippen LogP contribution in [0.25, 0.3) is 0 Å². The summed E-state index contributed by atoms with van der Waals surface area (Å²) in [5.41, 5.74) is 1.63. The number of carbonyl (C=O) groups excluding carboxylic acids is 1. The molecule has 1 aliphatic carbocycles. The van der Waals surface area contributed by atoms with E-state index < -0.39 is 0 Å². The minimum absolute atomic E-state index is 0.182. The van der Waals surface area contributed by atoms with E-state index >= 15 is 0 Å². The molecule has 0 radical (unpaired) electrons. The smallest absolute Gasteiger partial charge is 0.247 e. The van der Waals surface area contributed by atoms with Gasteiger partial charge in [-0.25, -0.2) is 0 Å². The zero-order chi connectivity index (χ0) is 21.5. The molecule has 1 amide bonds. The van der Waals surface area contributed by atoms with Gasteiger partial charge in [-0.2, -0.15) is 0 Å². The molecule has 0 saturated heterocycles. The third-order valence-electron chi connectivity index (χ3n) is 5.03. The first-order valence-corrected chi connectivity index (χ1v) is 10.8. The lowest BCUT2D eigenvalue weighted by Gasteiger charge is -2.27. The Kier molecular flexibility index (Phi) is 7.65. The Hall–Kier alpha value is -2.64. The molecule has 7 heteroatoms. The first kappa shape index (κ1) is 22.1. The van der Waals surface area contributed by atoms with Crippen molar-refractivity contribution in [1.29, 1.82) is 0 Å². The Morgan fingerprint density at radius 3 is 2.37 bits per heavy atom. The molecule has 160 valence electrons. The number of hydrogen-bond donors (Lipinski definition) is 3. The summed E-state index contributed by atoms with van der Waals surface area (Å²) in [7, 11) is 3.28. The fraction of sp³-hybridized carbons (Fsp3) is 0.348. The van der Waals surface area contributed by atoms with E-state index in [-0.39, 0.29) is 12.0 Å². The summed E-state index contributed by atoms with van der Waals surface area (Å²) < 4.78 is 11.3. The van der Waals surface area contributed by atoms with Crippen molar-refractivity contribution in [3.63, 3.8) is 0 Å². The topological polar surface area (TPSA) is 79.8 Å². The van der Waals surface area contributed by atoms with E-state index in [1.807, 2.05) is 36.4 Å². The van der Waals surface area contributed by atoms with Crippen LogP contribution in [0.5, 0.6) is 11.5 Å². The Morgan fingerprint density at radius 2 is 1.77 bits per heavy atom. The summed E-state index contributed by atoms with van der Waals surface area (Å²) in [5.74, 6) is 1.16. The second-order valence-electron chi connectivity index (χ2n) is 7.18. The summed E-state index contributed by atoms with van der Waals surface area (Å²) in [6.07, 6.45) is 4.57. The lowest BCUT2D eigenvalue weighted by Crippen LogP contribution is -2.28. The zero-order valence-corrected chi connectivity index (χ0v) is 18.1. The van der Waals surface area contributed by atoms with Crippen LogP contribution in [0.4, 0.5) is 11.4 Å². The molecule has 0 aliphatic heterocycles. The number of anilines is 2. The van der Waals surface area contributed by atoms with Gasteiger partial charge in [-0.05, 0) is 50.0 Å². The average Bonchev–Trinajstić information content (AvgIpc) is 2.76. The molecule has 6 nitrogen and oxygen atoms in total. The van der Waals surface area contributed by atoms with Crippen molar-refractivity contribution in [2.45, 2.75) is 47.6 Å². The molecule has 3 N–H and O–H groups in total. The molecule has 1 aliphatic rings. The molecule has 0 spiro atoms. The van der Waals surface area contributed by atoms with Crippen LogP contribution in [-0.4, -0.2) is 37.4 Å². The number of ether oxygens (including phenoxy) is 2. The van der Waals surface area contributed by atoms with Gasteiger partial charge in [-0.15, -0.1) is 0 Å². The predicted octanol–water partition coefficient (Wildman–Crippen LogP) is 4.69. The molecular formula is C23H28N2O4S. The number of rotatable bonds is 8. The summed E-state index contributed by atoms with van der Waals surface area (Å²) in [4.78, 5) is 13.4. The monoisotopic (exact) mass is 428 g/mol. The number of aliphatic hydroxyl groups is 1. The van der Waals surface area contributed by atoms with Crippen LogP contribution in [0, 0.1) is 0 Å². The highest BCUT2D eigenvalue weighted by Crippen LogP contribution is 2.44. The third-order valence-corrected chi connectivity index (χ3v) is 6.13. The van der Waals surface area contributed by atoms with Gasteiger partial charge in [0, 0.05) is 34.4 Å². The zero-order valence-electron chi connectivity index (χ0n) is 17.3. The molecule has 3 rings (SSSR count). The molecule has 0 aromatic heterocycles. The Morgan fingerprint density at radius 1 is 1.10 bits per heavy atom. The quantitative estimate of drug-likeness (QED) is 0.529. The normalized spacial score (nSPS) is 18.4. The van der Waals surface area contributed by atoms with Crippen molar-refractivity contribution in [2.24, 2.45) is 0 Å². The molecule has 1 fully saturated rings. The highest BCUT2D eigenvalue weighted by molar-refractivity contribution is 7.99. The van der Waals surface area contributed by atoms with E-state index in [1.165, 1.54) is 17.8 Å². The van der Waals surface area contributed by atoms with Gasteiger partial charge in [-0.1, -0.05) is 24.4 Å². The van der Waals surface area contributed by atoms with Gasteiger partial charge < -0.3 is 25.2 Å². The highest BCUT2D eigenvalue weighted by Gasteiger charge is 2.21. The molecule has 0 atom stereocenters. The molecule has 2 aromatic rings. The maximum Gasteiger partial charge on any atom is 0.247 e. The Labute approximate surface area is 181 Å². The lowest BCUT2D eigenvalue weighted by molar-refractivity contribution is -0.111. The van der Waals surface area contributed by atoms with Gasteiger partial charge in [-0.3, -0.25) is 4.79 Å². The van der Waals surface area contributed by atoms with Crippen molar-refractivity contribution in [3.05, 3.63) is 49.1 Å². The van der Waals surface area contributed by atoms with Crippen LogP contribution in [0.2, 0.25) is 0 Å². The molecule has 0 heterocycles. The lowest BCUT2D eigenvalue weighted by atomic mass is 9.93. The molecule has 0 bridgehead atoms. The van der Waals surface area contributed by atoms with Crippen molar-refractivity contribution in [1.82, 2.24) is 0 Å². The summed E-state index contributed by atoms with van der Waals surface area (Å²) in [5, 5.41) is 16.0. The number of amides is 1. The predicted molar refractivity (Wildman–Crippen MR) is 121 cm³/mol. The maximum atomic E-state index is 11.6. The largest absolute Gasteiger partial charge is 0.495 e. The number of nitrogens with one attached hydrogen (secondary N) is 2. The highest BCUT2D eigenvalue weighted by atomic mass is 32.2. The fourth-order valence-electron chi connectivity index (χ4n) is 3.47. The van der Waals surface area contributed by atoms with Crippen LogP contribution in [0.1, 0.15) is 25.7 Å². The standard InChI is InChI=1S/C23H28N2O4S/c1-4-22(27)25-16-6-5-7-19(12-16)30-23-20(28-2)13-17(14-21(23)29-3)24-15-8-10-18(26)11-9-15/h4-7,12-15,18,24,26H,1,8-11H2,2-3H3,(H,25,27). The van der Waals surface area contributed by atoms with E-state index in [0.717, 1.165) is 41.2 Å².